The lowest BCUT2D eigenvalue weighted by Crippen LogP contribution is -2.18. The summed E-state index contributed by atoms with van der Waals surface area (Å²) in [7, 11) is 1.15. The summed E-state index contributed by atoms with van der Waals surface area (Å²) < 4.78 is 44.1. The molecule has 0 heterocycles. The van der Waals surface area contributed by atoms with Gasteiger partial charge in [0, 0.05) is 7.11 Å². The fraction of sp³-hybridized carbons (Fsp3) is 0.300. The predicted molar refractivity (Wildman–Crippen MR) is 50.5 cm³/mol. The van der Waals surface area contributed by atoms with Gasteiger partial charge in [-0.1, -0.05) is 12.1 Å². The highest BCUT2D eigenvalue weighted by Gasteiger charge is 2.31. The first-order valence-electron chi connectivity index (χ1n) is 4.45. The number of rotatable bonds is 4. The number of ether oxygens (including phenoxy) is 2. The summed E-state index contributed by atoms with van der Waals surface area (Å²) >= 11 is 0. The maximum atomic E-state index is 11.9. The number of methoxy groups -OCH3 is 1. The van der Waals surface area contributed by atoms with Crippen molar-refractivity contribution in [2.24, 2.45) is 0 Å². The van der Waals surface area contributed by atoms with Crippen LogP contribution in [0.2, 0.25) is 0 Å². The molecule has 0 amide bonds. The van der Waals surface area contributed by atoms with E-state index in [2.05, 4.69) is 9.47 Å². The summed E-state index contributed by atoms with van der Waals surface area (Å²) in [5, 5.41) is 8.76. The Kier molecular flexibility index (Phi) is 3.95. The van der Waals surface area contributed by atoms with Crippen LogP contribution >= 0.6 is 0 Å². The molecule has 17 heavy (non-hydrogen) atoms. The molecule has 0 spiro atoms. The summed E-state index contributed by atoms with van der Waals surface area (Å²) in [6.07, 6.45) is -6.14. The van der Waals surface area contributed by atoms with Crippen LogP contribution in [0.4, 0.5) is 13.2 Å². The van der Waals surface area contributed by atoms with Gasteiger partial charge in [-0.3, -0.25) is 0 Å². The molecule has 0 saturated carbocycles. The number of hydrogen-bond acceptors (Lipinski definition) is 3. The van der Waals surface area contributed by atoms with Gasteiger partial charge in [-0.2, -0.15) is 0 Å². The summed E-state index contributed by atoms with van der Waals surface area (Å²) in [6.45, 7) is 0. The van der Waals surface area contributed by atoms with E-state index in [1.54, 1.807) is 0 Å². The largest absolute Gasteiger partial charge is 0.573 e. The molecule has 0 bridgehead atoms. The van der Waals surface area contributed by atoms with Gasteiger partial charge in [-0.15, -0.1) is 13.2 Å². The third-order valence-corrected chi connectivity index (χ3v) is 1.85. The SMILES string of the molecule is CO[C@@H](C(=O)O)c1cccc(OC(F)(F)F)c1. The van der Waals surface area contributed by atoms with Crippen molar-refractivity contribution in [1.29, 1.82) is 0 Å². The minimum Gasteiger partial charge on any atom is -0.479 e. The van der Waals surface area contributed by atoms with Gasteiger partial charge >= 0.3 is 12.3 Å². The second-order valence-corrected chi connectivity index (χ2v) is 3.07. The standard InChI is InChI=1S/C10H9F3O4/c1-16-8(9(14)15)6-3-2-4-7(5-6)17-10(11,12)13/h2-5,8H,1H3,(H,14,15)/t8-/m1/s1. The molecule has 1 aromatic rings. The van der Waals surface area contributed by atoms with Gasteiger partial charge in [0.25, 0.3) is 0 Å². The highest BCUT2D eigenvalue weighted by Crippen LogP contribution is 2.26. The van der Waals surface area contributed by atoms with E-state index in [0.29, 0.717) is 0 Å². The molecule has 0 aliphatic rings. The van der Waals surface area contributed by atoms with Crippen molar-refractivity contribution in [3.63, 3.8) is 0 Å². The Morgan fingerprint density at radius 2 is 2.06 bits per heavy atom. The Balaban J connectivity index is 2.96. The normalized spacial score (nSPS) is 13.2. The molecule has 0 aliphatic carbocycles. The van der Waals surface area contributed by atoms with Crippen molar-refractivity contribution in [3.05, 3.63) is 29.8 Å². The number of hydrogen-bond donors (Lipinski definition) is 1. The van der Waals surface area contributed by atoms with Crippen molar-refractivity contribution in [1.82, 2.24) is 0 Å². The van der Waals surface area contributed by atoms with Crippen molar-refractivity contribution in [3.8, 4) is 5.75 Å². The Bertz CT molecular complexity index is 403. The molecule has 1 N–H and O–H groups in total. The first-order chi connectivity index (χ1) is 7.83. The number of aliphatic carboxylic acids is 1. The zero-order valence-electron chi connectivity index (χ0n) is 8.69. The number of carbonyl (C=O) groups is 1. The van der Waals surface area contributed by atoms with Gasteiger partial charge in [0.05, 0.1) is 0 Å². The molecule has 0 aromatic heterocycles. The quantitative estimate of drug-likeness (QED) is 0.891. The Morgan fingerprint density at radius 1 is 1.41 bits per heavy atom. The fourth-order valence-corrected chi connectivity index (χ4v) is 1.25. The van der Waals surface area contributed by atoms with Crippen molar-refractivity contribution in [2.45, 2.75) is 12.5 Å². The molecule has 0 radical (unpaired) electrons. The average molecular weight is 250 g/mol. The Labute approximate surface area is 94.6 Å². The second kappa shape index (κ2) is 5.05. The van der Waals surface area contributed by atoms with Crippen LogP contribution in [-0.2, 0) is 9.53 Å². The molecular formula is C10H9F3O4. The van der Waals surface area contributed by atoms with E-state index in [1.807, 2.05) is 0 Å². The van der Waals surface area contributed by atoms with Crippen molar-refractivity contribution in [2.75, 3.05) is 7.11 Å². The number of benzene rings is 1. The van der Waals surface area contributed by atoms with Crippen LogP contribution in [0.15, 0.2) is 24.3 Å². The Morgan fingerprint density at radius 3 is 2.53 bits per heavy atom. The predicted octanol–water partition coefficient (Wildman–Crippen LogP) is 2.36. The highest BCUT2D eigenvalue weighted by atomic mass is 19.4. The maximum Gasteiger partial charge on any atom is 0.573 e. The molecule has 7 heteroatoms. The van der Waals surface area contributed by atoms with E-state index >= 15 is 0 Å². The van der Waals surface area contributed by atoms with Crippen LogP contribution in [-0.4, -0.2) is 24.5 Å². The van der Waals surface area contributed by atoms with E-state index in [4.69, 9.17) is 5.11 Å². The van der Waals surface area contributed by atoms with E-state index < -0.39 is 24.2 Å². The van der Waals surface area contributed by atoms with E-state index in [1.165, 1.54) is 12.1 Å². The molecule has 4 nitrogen and oxygen atoms in total. The Hall–Kier alpha value is -1.76. The molecule has 1 rings (SSSR count). The highest BCUT2D eigenvalue weighted by molar-refractivity contribution is 5.74. The summed E-state index contributed by atoms with van der Waals surface area (Å²) in [4.78, 5) is 10.7. The smallest absolute Gasteiger partial charge is 0.479 e. The molecular weight excluding hydrogens is 241 g/mol. The van der Waals surface area contributed by atoms with Crippen LogP contribution in [0, 0.1) is 0 Å². The zero-order valence-corrected chi connectivity index (χ0v) is 8.69. The molecule has 0 unspecified atom stereocenters. The lowest BCUT2D eigenvalue weighted by molar-refractivity contribution is -0.274. The van der Waals surface area contributed by atoms with Gasteiger partial charge in [0.2, 0.25) is 0 Å². The van der Waals surface area contributed by atoms with Gasteiger partial charge in [0.15, 0.2) is 6.10 Å². The van der Waals surface area contributed by atoms with Gasteiger partial charge < -0.3 is 14.6 Å². The third-order valence-electron chi connectivity index (χ3n) is 1.85. The molecule has 1 atom stereocenters. The van der Waals surface area contributed by atoms with Crippen LogP contribution in [0.1, 0.15) is 11.7 Å². The lowest BCUT2D eigenvalue weighted by Gasteiger charge is -2.13. The molecule has 0 saturated heterocycles. The van der Waals surface area contributed by atoms with Crippen LogP contribution < -0.4 is 4.74 Å². The van der Waals surface area contributed by atoms with E-state index in [-0.39, 0.29) is 5.56 Å². The maximum absolute atomic E-state index is 11.9. The van der Waals surface area contributed by atoms with Crippen LogP contribution in [0.5, 0.6) is 5.75 Å². The van der Waals surface area contributed by atoms with E-state index in [9.17, 15) is 18.0 Å². The lowest BCUT2D eigenvalue weighted by atomic mass is 10.1. The number of alkyl halides is 3. The molecule has 0 aliphatic heterocycles. The first kappa shape index (κ1) is 13.3. The monoisotopic (exact) mass is 250 g/mol. The zero-order chi connectivity index (χ0) is 13.1. The molecule has 94 valence electrons. The molecule has 0 fully saturated rings. The minimum absolute atomic E-state index is 0.0711. The number of carboxylic acids is 1. The topological polar surface area (TPSA) is 55.8 Å². The summed E-state index contributed by atoms with van der Waals surface area (Å²) in [6, 6.07) is 4.64. The minimum atomic E-state index is -4.82. The first-order valence-corrected chi connectivity index (χ1v) is 4.45. The van der Waals surface area contributed by atoms with Gasteiger partial charge in [-0.05, 0) is 17.7 Å². The van der Waals surface area contributed by atoms with E-state index in [0.717, 1.165) is 19.2 Å². The van der Waals surface area contributed by atoms with Crippen LogP contribution in [0.25, 0.3) is 0 Å². The van der Waals surface area contributed by atoms with Crippen molar-refractivity contribution < 1.29 is 32.5 Å². The number of carboxylic acid groups (broad SMARTS) is 1. The fourth-order valence-electron chi connectivity index (χ4n) is 1.25. The van der Waals surface area contributed by atoms with Gasteiger partial charge in [0.1, 0.15) is 5.75 Å². The van der Waals surface area contributed by atoms with Crippen LogP contribution in [0.3, 0.4) is 0 Å². The molecule has 1 aromatic carbocycles. The second-order valence-electron chi connectivity index (χ2n) is 3.07. The third kappa shape index (κ3) is 3.95. The summed E-state index contributed by atoms with van der Waals surface area (Å²) in [5.41, 5.74) is 0.0711. The van der Waals surface area contributed by atoms with Crippen molar-refractivity contribution >= 4 is 5.97 Å². The van der Waals surface area contributed by atoms with Gasteiger partial charge in [-0.25, -0.2) is 4.79 Å². The summed E-state index contributed by atoms with van der Waals surface area (Å²) in [5.74, 6) is -1.78. The number of halogens is 3. The average Bonchev–Trinajstić information content (AvgIpc) is 2.15.